The van der Waals surface area contributed by atoms with Crippen LogP contribution < -0.4 is 5.32 Å². The van der Waals surface area contributed by atoms with Crippen LogP contribution in [0.3, 0.4) is 0 Å². The van der Waals surface area contributed by atoms with E-state index in [4.69, 9.17) is 0 Å². The number of hydrogen-bond donors (Lipinski definition) is 1. The van der Waals surface area contributed by atoms with Crippen LogP contribution in [-0.2, 0) is 6.54 Å². The number of allylic oxidation sites excluding steroid dienone is 1. The molecule has 1 fully saturated rings. The zero-order valence-corrected chi connectivity index (χ0v) is 10.8. The van der Waals surface area contributed by atoms with Gasteiger partial charge in [0.25, 0.3) is 0 Å². The predicted octanol–water partition coefficient (Wildman–Crippen LogP) is 3.37. The van der Waals surface area contributed by atoms with Crippen molar-refractivity contribution < 1.29 is 0 Å². The van der Waals surface area contributed by atoms with Gasteiger partial charge in [0.2, 0.25) is 5.95 Å². The molecule has 1 heterocycles. The number of rotatable bonds is 5. The first-order chi connectivity index (χ1) is 8.29. The standard InChI is InChI=1S/C14H23N3/c1-3-9-17-11-12(2)16-14(17)15-10-13-7-5-4-6-8-13/h3,11,13H,1,4-10H2,2H3,(H,15,16). The Balaban J connectivity index is 1.90. The van der Waals surface area contributed by atoms with Crippen LogP contribution in [0.15, 0.2) is 18.9 Å². The van der Waals surface area contributed by atoms with Gasteiger partial charge in [0.1, 0.15) is 0 Å². The molecule has 0 aliphatic heterocycles. The summed E-state index contributed by atoms with van der Waals surface area (Å²) in [4.78, 5) is 4.52. The Morgan fingerprint density at radius 3 is 2.94 bits per heavy atom. The van der Waals surface area contributed by atoms with E-state index in [-0.39, 0.29) is 0 Å². The molecule has 0 unspecified atom stereocenters. The second-order valence-electron chi connectivity index (χ2n) is 5.03. The number of nitrogens with zero attached hydrogens (tertiary/aromatic N) is 2. The van der Waals surface area contributed by atoms with Crippen LogP contribution in [0.25, 0.3) is 0 Å². The Hall–Kier alpha value is -1.25. The fraction of sp³-hybridized carbons (Fsp3) is 0.643. The molecule has 1 aliphatic rings. The van der Waals surface area contributed by atoms with Gasteiger partial charge in [0.05, 0.1) is 5.69 Å². The summed E-state index contributed by atoms with van der Waals surface area (Å²) in [7, 11) is 0. The molecule has 0 saturated heterocycles. The molecule has 0 atom stereocenters. The van der Waals surface area contributed by atoms with Crippen LogP contribution in [0.5, 0.6) is 0 Å². The number of anilines is 1. The number of aryl methyl sites for hydroxylation is 1. The van der Waals surface area contributed by atoms with E-state index < -0.39 is 0 Å². The topological polar surface area (TPSA) is 29.9 Å². The third-order valence-corrected chi connectivity index (χ3v) is 3.50. The Labute approximate surface area is 104 Å². The highest BCUT2D eigenvalue weighted by Gasteiger charge is 2.14. The minimum absolute atomic E-state index is 0.827. The smallest absolute Gasteiger partial charge is 0.203 e. The van der Waals surface area contributed by atoms with Crippen molar-refractivity contribution in [2.24, 2.45) is 5.92 Å². The molecule has 17 heavy (non-hydrogen) atoms. The maximum Gasteiger partial charge on any atom is 0.203 e. The van der Waals surface area contributed by atoms with Crippen molar-refractivity contribution in [3.63, 3.8) is 0 Å². The van der Waals surface area contributed by atoms with Crippen LogP contribution in [0.2, 0.25) is 0 Å². The van der Waals surface area contributed by atoms with Gasteiger partial charge in [-0.25, -0.2) is 4.98 Å². The molecule has 0 radical (unpaired) electrons. The summed E-state index contributed by atoms with van der Waals surface area (Å²) in [5.74, 6) is 1.82. The average Bonchev–Trinajstić information content (AvgIpc) is 2.69. The van der Waals surface area contributed by atoms with Crippen LogP contribution in [0, 0.1) is 12.8 Å². The number of nitrogens with one attached hydrogen (secondary N) is 1. The summed E-state index contributed by atoms with van der Waals surface area (Å²) in [6.45, 7) is 7.70. The number of aromatic nitrogens is 2. The quantitative estimate of drug-likeness (QED) is 0.790. The lowest BCUT2D eigenvalue weighted by Gasteiger charge is -2.22. The maximum absolute atomic E-state index is 4.52. The molecule has 94 valence electrons. The Bertz CT molecular complexity index is 362. The molecule has 1 aromatic rings. The van der Waals surface area contributed by atoms with Crippen molar-refractivity contribution in [3.05, 3.63) is 24.5 Å². The summed E-state index contributed by atoms with van der Waals surface area (Å²) in [6.07, 6.45) is 10.9. The molecule has 1 aromatic heterocycles. The van der Waals surface area contributed by atoms with Crippen molar-refractivity contribution in [3.8, 4) is 0 Å². The Morgan fingerprint density at radius 1 is 1.47 bits per heavy atom. The van der Waals surface area contributed by atoms with Crippen LogP contribution >= 0.6 is 0 Å². The van der Waals surface area contributed by atoms with E-state index in [1.54, 1.807) is 0 Å². The average molecular weight is 233 g/mol. The van der Waals surface area contributed by atoms with Crippen molar-refractivity contribution in [1.82, 2.24) is 9.55 Å². The minimum Gasteiger partial charge on any atom is -0.355 e. The van der Waals surface area contributed by atoms with Gasteiger partial charge in [-0.1, -0.05) is 25.3 Å². The van der Waals surface area contributed by atoms with Gasteiger partial charge < -0.3 is 9.88 Å². The molecule has 1 saturated carbocycles. The van der Waals surface area contributed by atoms with E-state index in [1.807, 2.05) is 13.0 Å². The molecule has 0 bridgehead atoms. The fourth-order valence-corrected chi connectivity index (χ4v) is 2.59. The van der Waals surface area contributed by atoms with Crippen molar-refractivity contribution in [2.75, 3.05) is 11.9 Å². The van der Waals surface area contributed by atoms with E-state index in [9.17, 15) is 0 Å². The molecule has 2 rings (SSSR count). The lowest BCUT2D eigenvalue weighted by molar-refractivity contribution is 0.372. The van der Waals surface area contributed by atoms with Gasteiger partial charge in [-0.2, -0.15) is 0 Å². The highest BCUT2D eigenvalue weighted by molar-refractivity contribution is 5.29. The number of imidazole rings is 1. The summed E-state index contributed by atoms with van der Waals surface area (Å²) >= 11 is 0. The molecule has 0 spiro atoms. The lowest BCUT2D eigenvalue weighted by atomic mass is 9.89. The number of hydrogen-bond acceptors (Lipinski definition) is 2. The van der Waals surface area contributed by atoms with E-state index >= 15 is 0 Å². The summed E-state index contributed by atoms with van der Waals surface area (Å²) < 4.78 is 2.13. The maximum atomic E-state index is 4.52. The Morgan fingerprint density at radius 2 is 2.24 bits per heavy atom. The molecule has 0 aromatic carbocycles. The van der Waals surface area contributed by atoms with Gasteiger partial charge in [0.15, 0.2) is 0 Å². The van der Waals surface area contributed by atoms with E-state index in [1.165, 1.54) is 32.1 Å². The summed E-state index contributed by atoms with van der Waals surface area (Å²) in [6, 6.07) is 0. The van der Waals surface area contributed by atoms with Gasteiger partial charge in [-0.05, 0) is 25.7 Å². The first-order valence-corrected chi connectivity index (χ1v) is 6.68. The molecule has 1 N–H and O–H groups in total. The highest BCUT2D eigenvalue weighted by atomic mass is 15.2. The first kappa shape index (κ1) is 12.2. The van der Waals surface area contributed by atoms with Gasteiger partial charge in [-0.3, -0.25) is 0 Å². The van der Waals surface area contributed by atoms with Crippen LogP contribution in [0.1, 0.15) is 37.8 Å². The third kappa shape index (κ3) is 3.35. The zero-order valence-electron chi connectivity index (χ0n) is 10.8. The van der Waals surface area contributed by atoms with E-state index in [2.05, 4.69) is 27.6 Å². The van der Waals surface area contributed by atoms with Crippen LogP contribution in [0.4, 0.5) is 5.95 Å². The second kappa shape index (κ2) is 5.89. The molecule has 0 amide bonds. The summed E-state index contributed by atoms with van der Waals surface area (Å²) in [5, 5.41) is 3.49. The first-order valence-electron chi connectivity index (χ1n) is 6.68. The summed E-state index contributed by atoms with van der Waals surface area (Å²) in [5.41, 5.74) is 1.07. The fourth-order valence-electron chi connectivity index (χ4n) is 2.59. The zero-order chi connectivity index (χ0) is 12.1. The molecule has 3 nitrogen and oxygen atoms in total. The molecule has 3 heteroatoms. The monoisotopic (exact) mass is 233 g/mol. The molecular formula is C14H23N3. The normalized spacial score (nSPS) is 17.0. The van der Waals surface area contributed by atoms with Gasteiger partial charge >= 0.3 is 0 Å². The lowest BCUT2D eigenvalue weighted by Crippen LogP contribution is -2.19. The predicted molar refractivity (Wildman–Crippen MR) is 72.2 cm³/mol. The SMILES string of the molecule is C=CCn1cc(C)nc1NCC1CCCCC1. The molecular weight excluding hydrogens is 210 g/mol. The van der Waals surface area contributed by atoms with E-state index in [0.29, 0.717) is 0 Å². The van der Waals surface area contributed by atoms with Crippen molar-refractivity contribution in [1.29, 1.82) is 0 Å². The van der Waals surface area contributed by atoms with Gasteiger partial charge in [-0.15, -0.1) is 6.58 Å². The van der Waals surface area contributed by atoms with E-state index in [0.717, 1.165) is 30.6 Å². The Kier molecular flexibility index (Phi) is 4.24. The minimum atomic E-state index is 0.827. The molecule has 1 aliphatic carbocycles. The second-order valence-corrected chi connectivity index (χ2v) is 5.03. The highest BCUT2D eigenvalue weighted by Crippen LogP contribution is 2.23. The third-order valence-electron chi connectivity index (χ3n) is 3.50. The van der Waals surface area contributed by atoms with Crippen molar-refractivity contribution >= 4 is 5.95 Å². The van der Waals surface area contributed by atoms with Gasteiger partial charge in [0, 0.05) is 19.3 Å². The largest absolute Gasteiger partial charge is 0.355 e. The van der Waals surface area contributed by atoms with Crippen molar-refractivity contribution in [2.45, 2.75) is 45.6 Å². The van der Waals surface area contributed by atoms with Crippen LogP contribution in [-0.4, -0.2) is 16.1 Å².